The van der Waals surface area contributed by atoms with Crippen molar-refractivity contribution in [1.82, 2.24) is 15.5 Å². The van der Waals surface area contributed by atoms with Gasteiger partial charge in [0.25, 0.3) is 11.6 Å². The number of fused-ring (bicyclic) bond motifs is 1. The van der Waals surface area contributed by atoms with Gasteiger partial charge in [-0.25, -0.2) is 4.98 Å². The summed E-state index contributed by atoms with van der Waals surface area (Å²) >= 11 is 0. The molecule has 0 fully saturated rings. The second-order valence-electron chi connectivity index (χ2n) is 6.99. The molecular weight excluding hydrogens is 358 g/mol. The molecule has 7 heteroatoms. The summed E-state index contributed by atoms with van der Waals surface area (Å²) in [5, 5.41) is 7.62. The van der Waals surface area contributed by atoms with Crippen molar-refractivity contribution in [3.05, 3.63) is 59.1 Å². The van der Waals surface area contributed by atoms with E-state index in [9.17, 15) is 4.79 Å². The number of aryl methyl sites for hydroxylation is 3. The molecule has 0 aromatic carbocycles. The number of furan rings is 2. The average molecular weight is 379 g/mol. The first-order valence-electron chi connectivity index (χ1n) is 9.10. The summed E-state index contributed by atoms with van der Waals surface area (Å²) in [5.74, 6) is 2.12. The molecule has 0 aliphatic carbocycles. The van der Waals surface area contributed by atoms with Gasteiger partial charge in [-0.15, -0.1) is 0 Å². The Morgan fingerprint density at radius 2 is 2.07 bits per heavy atom. The van der Waals surface area contributed by atoms with Gasteiger partial charge in [-0.05, 0) is 52.0 Å². The Kier molecular flexibility index (Phi) is 4.50. The standard InChI is InChI=1S/C21H21N3O4/c1-11(8-15-6-5-7-26-15)22-20(25)17-10-18(16-9-12(2)27-14(16)4)23-21-19(17)13(3)24-28-21/h5-7,9-11H,8H2,1-4H3,(H,22,25). The van der Waals surface area contributed by atoms with E-state index in [1.54, 1.807) is 19.3 Å². The van der Waals surface area contributed by atoms with Crippen LogP contribution in [0.15, 0.2) is 43.9 Å². The predicted octanol–water partition coefficient (Wildman–Crippen LogP) is 4.36. The van der Waals surface area contributed by atoms with Gasteiger partial charge in [0.1, 0.15) is 17.3 Å². The van der Waals surface area contributed by atoms with Gasteiger partial charge in [-0.1, -0.05) is 5.16 Å². The Hall–Kier alpha value is -3.35. The summed E-state index contributed by atoms with van der Waals surface area (Å²) in [7, 11) is 0. The molecule has 0 radical (unpaired) electrons. The highest BCUT2D eigenvalue weighted by molar-refractivity contribution is 6.07. The van der Waals surface area contributed by atoms with E-state index in [4.69, 9.17) is 13.4 Å². The molecule has 1 amide bonds. The Bertz CT molecular complexity index is 1140. The van der Waals surface area contributed by atoms with Crippen LogP contribution in [-0.2, 0) is 6.42 Å². The Morgan fingerprint density at radius 1 is 1.25 bits per heavy atom. The number of hydrogen-bond donors (Lipinski definition) is 1. The number of rotatable bonds is 5. The average Bonchev–Trinajstić information content (AvgIpc) is 3.35. The lowest BCUT2D eigenvalue weighted by molar-refractivity contribution is 0.0941. The molecule has 7 nitrogen and oxygen atoms in total. The van der Waals surface area contributed by atoms with Crippen LogP contribution in [-0.4, -0.2) is 22.1 Å². The van der Waals surface area contributed by atoms with Crippen molar-refractivity contribution in [3.8, 4) is 11.3 Å². The van der Waals surface area contributed by atoms with Crippen molar-refractivity contribution in [2.75, 3.05) is 0 Å². The largest absolute Gasteiger partial charge is 0.469 e. The van der Waals surface area contributed by atoms with Crippen LogP contribution in [0.4, 0.5) is 0 Å². The van der Waals surface area contributed by atoms with Crippen molar-refractivity contribution in [1.29, 1.82) is 0 Å². The van der Waals surface area contributed by atoms with E-state index < -0.39 is 0 Å². The van der Waals surface area contributed by atoms with Crippen molar-refractivity contribution >= 4 is 17.0 Å². The first-order valence-corrected chi connectivity index (χ1v) is 9.10. The summed E-state index contributed by atoms with van der Waals surface area (Å²) in [6, 6.07) is 7.27. The normalized spacial score (nSPS) is 12.4. The minimum absolute atomic E-state index is 0.108. The molecule has 0 saturated heterocycles. The molecule has 28 heavy (non-hydrogen) atoms. The number of carbonyl (C=O) groups is 1. The molecule has 1 unspecified atom stereocenters. The van der Waals surface area contributed by atoms with Crippen LogP contribution >= 0.6 is 0 Å². The number of nitrogens with zero attached hydrogens (tertiary/aromatic N) is 2. The minimum Gasteiger partial charge on any atom is -0.469 e. The summed E-state index contributed by atoms with van der Waals surface area (Å²) in [6.45, 7) is 7.47. The number of aromatic nitrogens is 2. The zero-order valence-electron chi connectivity index (χ0n) is 16.2. The minimum atomic E-state index is -0.211. The monoisotopic (exact) mass is 379 g/mol. The molecule has 4 aromatic rings. The summed E-state index contributed by atoms with van der Waals surface area (Å²) in [5.41, 5.74) is 2.87. The molecule has 1 atom stereocenters. The molecule has 4 rings (SSSR count). The highest BCUT2D eigenvalue weighted by atomic mass is 16.5. The fourth-order valence-electron chi connectivity index (χ4n) is 3.38. The van der Waals surface area contributed by atoms with Gasteiger partial charge in [-0.3, -0.25) is 4.79 Å². The number of amides is 1. The second-order valence-corrected chi connectivity index (χ2v) is 6.99. The molecule has 0 aliphatic heterocycles. The van der Waals surface area contributed by atoms with Gasteiger partial charge < -0.3 is 18.7 Å². The lowest BCUT2D eigenvalue weighted by Crippen LogP contribution is -2.34. The Balaban J connectivity index is 1.71. The fourth-order valence-corrected chi connectivity index (χ4v) is 3.38. The van der Waals surface area contributed by atoms with Gasteiger partial charge in [0, 0.05) is 18.0 Å². The van der Waals surface area contributed by atoms with Crippen LogP contribution in [0.3, 0.4) is 0 Å². The number of pyridine rings is 1. The molecule has 0 saturated carbocycles. The number of carbonyl (C=O) groups excluding carboxylic acids is 1. The lowest BCUT2D eigenvalue weighted by Gasteiger charge is -2.13. The predicted molar refractivity (Wildman–Crippen MR) is 103 cm³/mol. The Labute approximate surface area is 161 Å². The summed E-state index contributed by atoms with van der Waals surface area (Å²) in [4.78, 5) is 17.6. The van der Waals surface area contributed by atoms with E-state index in [2.05, 4.69) is 15.5 Å². The third-order valence-corrected chi connectivity index (χ3v) is 4.64. The number of nitrogens with one attached hydrogen (secondary N) is 1. The highest BCUT2D eigenvalue weighted by Gasteiger charge is 2.22. The van der Waals surface area contributed by atoms with E-state index >= 15 is 0 Å². The van der Waals surface area contributed by atoms with Crippen LogP contribution < -0.4 is 5.32 Å². The van der Waals surface area contributed by atoms with Crippen LogP contribution in [0, 0.1) is 20.8 Å². The molecule has 1 N–H and O–H groups in total. The Morgan fingerprint density at radius 3 is 2.75 bits per heavy atom. The summed E-state index contributed by atoms with van der Waals surface area (Å²) in [6.07, 6.45) is 2.22. The van der Waals surface area contributed by atoms with E-state index in [1.807, 2.05) is 39.0 Å². The molecule has 144 valence electrons. The lowest BCUT2D eigenvalue weighted by atomic mass is 10.0. The van der Waals surface area contributed by atoms with E-state index in [1.165, 1.54) is 0 Å². The first-order chi connectivity index (χ1) is 13.4. The van der Waals surface area contributed by atoms with Crippen LogP contribution in [0.5, 0.6) is 0 Å². The van der Waals surface area contributed by atoms with E-state index in [-0.39, 0.29) is 11.9 Å². The van der Waals surface area contributed by atoms with Gasteiger partial charge in [0.05, 0.1) is 28.6 Å². The maximum absolute atomic E-state index is 13.1. The molecule has 4 heterocycles. The molecule has 4 aromatic heterocycles. The van der Waals surface area contributed by atoms with E-state index in [0.717, 1.165) is 22.8 Å². The molecule has 0 bridgehead atoms. The first kappa shape index (κ1) is 18.0. The highest BCUT2D eigenvalue weighted by Crippen LogP contribution is 2.30. The smallest absolute Gasteiger partial charge is 0.259 e. The molecular formula is C21H21N3O4. The molecule has 0 aliphatic rings. The van der Waals surface area contributed by atoms with Crippen LogP contribution in [0.1, 0.15) is 40.3 Å². The zero-order chi connectivity index (χ0) is 19.8. The van der Waals surface area contributed by atoms with Gasteiger partial charge >= 0.3 is 0 Å². The van der Waals surface area contributed by atoms with Crippen LogP contribution in [0.2, 0.25) is 0 Å². The molecule has 0 spiro atoms. The third-order valence-electron chi connectivity index (χ3n) is 4.64. The quantitative estimate of drug-likeness (QED) is 0.553. The third kappa shape index (κ3) is 3.31. The zero-order valence-corrected chi connectivity index (χ0v) is 16.2. The number of hydrogen-bond acceptors (Lipinski definition) is 6. The van der Waals surface area contributed by atoms with Crippen LogP contribution in [0.25, 0.3) is 22.4 Å². The topological polar surface area (TPSA) is 94.3 Å². The maximum Gasteiger partial charge on any atom is 0.259 e. The second kappa shape index (κ2) is 6.99. The van der Waals surface area contributed by atoms with Crippen molar-refractivity contribution in [2.45, 2.75) is 40.2 Å². The summed E-state index contributed by atoms with van der Waals surface area (Å²) < 4.78 is 16.3. The van der Waals surface area contributed by atoms with Gasteiger partial charge in [-0.2, -0.15) is 0 Å². The SMILES string of the molecule is Cc1cc(-c2cc(C(=O)NC(C)Cc3ccco3)c3c(C)noc3n2)c(C)o1. The fraction of sp³-hybridized carbons (Fsp3) is 0.286. The van der Waals surface area contributed by atoms with Gasteiger partial charge in [0.2, 0.25) is 0 Å². The van der Waals surface area contributed by atoms with Crippen molar-refractivity contribution in [2.24, 2.45) is 0 Å². The van der Waals surface area contributed by atoms with Gasteiger partial charge in [0.15, 0.2) is 0 Å². The van der Waals surface area contributed by atoms with Crippen molar-refractivity contribution < 1.29 is 18.2 Å². The van der Waals surface area contributed by atoms with E-state index in [0.29, 0.717) is 34.5 Å². The van der Waals surface area contributed by atoms with Crippen molar-refractivity contribution in [3.63, 3.8) is 0 Å². The maximum atomic E-state index is 13.1.